The molecule has 130 valence electrons. The molecule has 5 nitrogen and oxygen atoms in total. The summed E-state index contributed by atoms with van der Waals surface area (Å²) in [5.41, 5.74) is 4.36. The minimum atomic E-state index is 0.633. The fourth-order valence-corrected chi connectivity index (χ4v) is 5.19. The van der Waals surface area contributed by atoms with E-state index in [1.54, 1.807) is 5.56 Å². The maximum Gasteiger partial charge on any atom is 0.119 e. The minimum Gasteiger partial charge on any atom is -0.361 e. The third-order valence-corrected chi connectivity index (χ3v) is 6.11. The molecule has 0 unspecified atom stereocenters. The zero-order chi connectivity index (χ0) is 16.8. The van der Waals surface area contributed by atoms with Gasteiger partial charge in [0.2, 0.25) is 0 Å². The number of aromatic nitrogens is 4. The predicted molar refractivity (Wildman–Crippen MR) is 98.5 cm³/mol. The summed E-state index contributed by atoms with van der Waals surface area (Å²) in [6.07, 6.45) is 9.59. The normalized spacial score (nSPS) is 26.0. The average molecular weight is 335 g/mol. The summed E-state index contributed by atoms with van der Waals surface area (Å²) in [4.78, 5) is 6.23. The molecule has 5 rings (SSSR count). The van der Waals surface area contributed by atoms with Gasteiger partial charge in [-0.2, -0.15) is 0 Å². The van der Waals surface area contributed by atoms with Gasteiger partial charge < -0.3 is 9.55 Å². The van der Waals surface area contributed by atoms with Gasteiger partial charge in [0.05, 0.1) is 0 Å². The number of aromatic amines is 1. The number of hydrogen-bond donors (Lipinski definition) is 1. The number of likely N-dealkylation sites (tertiary alicyclic amines) is 1. The van der Waals surface area contributed by atoms with Crippen LogP contribution in [0.25, 0.3) is 10.9 Å². The highest BCUT2D eigenvalue weighted by molar-refractivity contribution is 5.88. The zero-order valence-corrected chi connectivity index (χ0v) is 14.7. The molecular weight excluding hydrogens is 310 g/mol. The second-order valence-corrected chi connectivity index (χ2v) is 7.72. The second-order valence-electron chi connectivity index (χ2n) is 7.72. The number of fused-ring (bicyclic) bond motifs is 2. The predicted octanol–water partition coefficient (Wildman–Crippen LogP) is 3.20. The van der Waals surface area contributed by atoms with Crippen LogP contribution in [-0.4, -0.2) is 43.8 Å². The Labute approximate surface area is 148 Å². The fraction of sp³-hybridized carbons (Fsp3) is 0.500. The first-order valence-corrected chi connectivity index (χ1v) is 9.48. The maximum atomic E-state index is 3.97. The standard InChI is InChI=1S/C20H25N5/c1-2-6-25-11-14(10-24-12-22-23-13-24)7-17-16-4-3-5-18-20(16)15(9-21-18)8-19(17)25/h3-5,9,12-14,17,19,21H,2,6-8,10-11H2,1H3/t14-,17+,19+/m0/s1. The van der Waals surface area contributed by atoms with Crippen molar-refractivity contribution in [2.45, 2.75) is 44.7 Å². The Balaban J connectivity index is 1.52. The molecule has 3 atom stereocenters. The van der Waals surface area contributed by atoms with Crippen LogP contribution in [0.3, 0.4) is 0 Å². The summed E-state index contributed by atoms with van der Waals surface area (Å²) in [7, 11) is 0. The van der Waals surface area contributed by atoms with Gasteiger partial charge in [0, 0.05) is 42.1 Å². The highest BCUT2D eigenvalue weighted by Crippen LogP contribution is 2.45. The summed E-state index contributed by atoms with van der Waals surface area (Å²) < 4.78 is 2.14. The van der Waals surface area contributed by atoms with Crippen LogP contribution in [0, 0.1) is 5.92 Å². The molecule has 1 saturated heterocycles. The first-order chi connectivity index (χ1) is 12.3. The summed E-state index contributed by atoms with van der Waals surface area (Å²) in [6.45, 7) is 5.69. The largest absolute Gasteiger partial charge is 0.361 e. The maximum absolute atomic E-state index is 3.97. The van der Waals surface area contributed by atoms with Crippen LogP contribution in [0.15, 0.2) is 37.1 Å². The Morgan fingerprint density at radius 1 is 1.24 bits per heavy atom. The van der Waals surface area contributed by atoms with Crippen LogP contribution >= 0.6 is 0 Å². The monoisotopic (exact) mass is 335 g/mol. The quantitative estimate of drug-likeness (QED) is 0.796. The number of nitrogens with zero attached hydrogens (tertiary/aromatic N) is 4. The highest BCUT2D eigenvalue weighted by atomic mass is 15.2. The van der Waals surface area contributed by atoms with E-state index in [1.165, 1.54) is 48.8 Å². The molecule has 2 aliphatic rings. The lowest BCUT2D eigenvalue weighted by Gasteiger charge is -2.47. The van der Waals surface area contributed by atoms with Crippen LogP contribution in [0.2, 0.25) is 0 Å². The molecule has 0 amide bonds. The Hall–Kier alpha value is -2.14. The molecule has 0 bridgehead atoms. The number of H-pyrrole nitrogens is 1. The van der Waals surface area contributed by atoms with Crippen LogP contribution in [0.1, 0.15) is 36.8 Å². The van der Waals surface area contributed by atoms with Gasteiger partial charge in [-0.25, -0.2) is 0 Å². The summed E-state index contributed by atoms with van der Waals surface area (Å²) in [5.74, 6) is 1.29. The lowest BCUT2D eigenvalue weighted by atomic mass is 9.72. The van der Waals surface area contributed by atoms with Crippen LogP contribution in [-0.2, 0) is 13.0 Å². The lowest BCUT2D eigenvalue weighted by molar-refractivity contribution is 0.0777. The van der Waals surface area contributed by atoms with Gasteiger partial charge in [0.15, 0.2) is 0 Å². The molecule has 1 fully saturated rings. The van der Waals surface area contributed by atoms with E-state index in [9.17, 15) is 0 Å². The topological polar surface area (TPSA) is 49.7 Å². The molecule has 1 aliphatic heterocycles. The van der Waals surface area contributed by atoms with E-state index < -0.39 is 0 Å². The van der Waals surface area contributed by atoms with Crippen molar-refractivity contribution in [3.63, 3.8) is 0 Å². The van der Waals surface area contributed by atoms with Crippen molar-refractivity contribution in [1.82, 2.24) is 24.6 Å². The third kappa shape index (κ3) is 2.49. The summed E-state index contributed by atoms with van der Waals surface area (Å²) in [5, 5.41) is 9.44. The van der Waals surface area contributed by atoms with Crippen LogP contribution in [0.4, 0.5) is 0 Å². The molecule has 3 aromatic rings. The summed E-state index contributed by atoms with van der Waals surface area (Å²) in [6, 6.07) is 7.44. The van der Waals surface area contributed by atoms with E-state index in [4.69, 9.17) is 0 Å². The molecule has 5 heteroatoms. The van der Waals surface area contributed by atoms with Crippen molar-refractivity contribution in [3.8, 4) is 0 Å². The van der Waals surface area contributed by atoms with Crippen molar-refractivity contribution >= 4 is 10.9 Å². The SMILES string of the molecule is CCCN1C[C@H](Cn2cnnc2)C[C@@H]2c3cccc4[nH]cc(c34)C[C@H]21. The first kappa shape index (κ1) is 15.1. The molecule has 3 heterocycles. The average Bonchev–Trinajstić information content (AvgIpc) is 3.27. The number of nitrogens with one attached hydrogen (secondary N) is 1. The number of benzene rings is 1. The van der Waals surface area contributed by atoms with E-state index in [0.29, 0.717) is 17.9 Å². The van der Waals surface area contributed by atoms with E-state index in [1.807, 2.05) is 12.7 Å². The van der Waals surface area contributed by atoms with Gasteiger partial charge in [-0.05, 0) is 48.9 Å². The Morgan fingerprint density at radius 3 is 2.96 bits per heavy atom. The van der Waals surface area contributed by atoms with E-state index in [-0.39, 0.29) is 0 Å². The third-order valence-electron chi connectivity index (χ3n) is 6.11. The summed E-state index contributed by atoms with van der Waals surface area (Å²) >= 11 is 0. The Morgan fingerprint density at radius 2 is 2.12 bits per heavy atom. The molecule has 0 saturated carbocycles. The molecule has 25 heavy (non-hydrogen) atoms. The van der Waals surface area contributed by atoms with Gasteiger partial charge in [0.1, 0.15) is 12.7 Å². The van der Waals surface area contributed by atoms with Gasteiger partial charge in [-0.15, -0.1) is 10.2 Å². The molecule has 1 N–H and O–H groups in total. The zero-order valence-electron chi connectivity index (χ0n) is 14.7. The van der Waals surface area contributed by atoms with E-state index in [0.717, 1.165) is 6.54 Å². The molecular formula is C20H25N5. The lowest BCUT2D eigenvalue weighted by Crippen LogP contribution is -2.50. The van der Waals surface area contributed by atoms with Gasteiger partial charge in [0.25, 0.3) is 0 Å². The first-order valence-electron chi connectivity index (χ1n) is 9.48. The van der Waals surface area contributed by atoms with E-state index in [2.05, 4.69) is 56.0 Å². The second kappa shape index (κ2) is 5.99. The minimum absolute atomic E-state index is 0.633. The van der Waals surface area contributed by atoms with Crippen LogP contribution in [0.5, 0.6) is 0 Å². The van der Waals surface area contributed by atoms with Crippen molar-refractivity contribution in [2.75, 3.05) is 13.1 Å². The fourth-order valence-electron chi connectivity index (χ4n) is 5.19. The molecule has 0 spiro atoms. The van der Waals surface area contributed by atoms with Crippen molar-refractivity contribution < 1.29 is 0 Å². The smallest absolute Gasteiger partial charge is 0.119 e. The molecule has 1 aromatic carbocycles. The van der Waals surface area contributed by atoms with Gasteiger partial charge in [-0.1, -0.05) is 19.1 Å². The molecule has 2 aromatic heterocycles. The van der Waals surface area contributed by atoms with Gasteiger partial charge in [-0.3, -0.25) is 4.90 Å². The molecule has 1 aliphatic carbocycles. The Bertz CT molecular complexity index is 865. The van der Waals surface area contributed by atoms with Crippen molar-refractivity contribution in [2.24, 2.45) is 5.92 Å². The van der Waals surface area contributed by atoms with Crippen molar-refractivity contribution in [1.29, 1.82) is 0 Å². The van der Waals surface area contributed by atoms with Crippen molar-refractivity contribution in [3.05, 3.63) is 48.2 Å². The number of piperidine rings is 1. The van der Waals surface area contributed by atoms with Gasteiger partial charge >= 0.3 is 0 Å². The number of hydrogen-bond acceptors (Lipinski definition) is 3. The molecule has 0 radical (unpaired) electrons. The highest BCUT2D eigenvalue weighted by Gasteiger charge is 2.40. The van der Waals surface area contributed by atoms with Crippen LogP contribution < -0.4 is 0 Å². The Kier molecular flexibility index (Phi) is 3.63. The van der Waals surface area contributed by atoms with E-state index >= 15 is 0 Å². The number of rotatable bonds is 4.